The van der Waals surface area contributed by atoms with Crippen molar-refractivity contribution >= 4 is 0 Å². The molecular weight excluding hydrogens is 370 g/mol. The van der Waals surface area contributed by atoms with Crippen LogP contribution in [0.3, 0.4) is 0 Å². The van der Waals surface area contributed by atoms with E-state index in [-0.39, 0.29) is 6.10 Å². The summed E-state index contributed by atoms with van der Waals surface area (Å²) in [6.45, 7) is 4.95. The molecule has 0 fully saturated rings. The van der Waals surface area contributed by atoms with Gasteiger partial charge in [0.05, 0.1) is 0 Å². The van der Waals surface area contributed by atoms with Gasteiger partial charge in [-0.15, -0.1) is 0 Å². The first-order valence-electron chi connectivity index (χ1n) is 12.1. The molecule has 0 amide bonds. The van der Waals surface area contributed by atoms with Gasteiger partial charge in [0, 0.05) is 12.4 Å². The zero-order chi connectivity index (χ0) is 21.3. The number of pyridine rings is 1. The summed E-state index contributed by atoms with van der Waals surface area (Å²) in [5.41, 5.74) is 1.40. The largest absolute Gasteiger partial charge is 0.490 e. The minimum Gasteiger partial charge on any atom is -0.490 e. The van der Waals surface area contributed by atoms with Crippen molar-refractivity contribution < 1.29 is 9.47 Å². The van der Waals surface area contributed by atoms with Crippen molar-refractivity contribution in [1.29, 1.82) is 0 Å². The molecule has 3 nitrogen and oxygen atoms in total. The van der Waals surface area contributed by atoms with Crippen LogP contribution in [0.15, 0.2) is 48.8 Å². The van der Waals surface area contributed by atoms with Crippen LogP contribution in [-0.2, 0) is 6.42 Å². The van der Waals surface area contributed by atoms with E-state index in [2.05, 4.69) is 43.1 Å². The van der Waals surface area contributed by atoms with E-state index in [0.717, 1.165) is 17.9 Å². The minimum atomic E-state index is 0.0405. The zero-order valence-electron chi connectivity index (χ0n) is 19.2. The van der Waals surface area contributed by atoms with Crippen LogP contribution in [0.4, 0.5) is 0 Å². The van der Waals surface area contributed by atoms with Crippen LogP contribution < -0.4 is 9.47 Å². The van der Waals surface area contributed by atoms with Crippen molar-refractivity contribution in [3.63, 3.8) is 0 Å². The first-order chi connectivity index (χ1) is 14.8. The van der Waals surface area contributed by atoms with Gasteiger partial charge in [0.1, 0.15) is 24.2 Å². The second-order valence-corrected chi connectivity index (χ2v) is 8.22. The number of ether oxygens (including phenoxy) is 2. The van der Waals surface area contributed by atoms with Gasteiger partial charge in [0.2, 0.25) is 0 Å². The van der Waals surface area contributed by atoms with E-state index in [0.29, 0.717) is 6.61 Å². The predicted molar refractivity (Wildman–Crippen MR) is 126 cm³/mol. The zero-order valence-corrected chi connectivity index (χ0v) is 19.2. The lowest BCUT2D eigenvalue weighted by atomic mass is 10.0. The maximum absolute atomic E-state index is 5.96. The van der Waals surface area contributed by atoms with E-state index in [4.69, 9.17) is 9.47 Å². The van der Waals surface area contributed by atoms with Crippen LogP contribution in [0.1, 0.15) is 90.0 Å². The van der Waals surface area contributed by atoms with Gasteiger partial charge in [-0.1, -0.05) is 83.8 Å². The molecule has 1 atom stereocenters. The number of benzene rings is 1. The Morgan fingerprint density at radius 2 is 1.30 bits per heavy atom. The summed E-state index contributed by atoms with van der Waals surface area (Å²) in [4.78, 5) is 4.02. The van der Waals surface area contributed by atoms with Crippen molar-refractivity contribution in [2.24, 2.45) is 0 Å². The molecule has 166 valence electrons. The van der Waals surface area contributed by atoms with Crippen molar-refractivity contribution in [3.05, 3.63) is 54.4 Å². The van der Waals surface area contributed by atoms with Crippen molar-refractivity contribution in [3.8, 4) is 11.5 Å². The Labute approximate surface area is 184 Å². The maximum atomic E-state index is 5.96. The van der Waals surface area contributed by atoms with E-state index in [1.807, 2.05) is 12.1 Å². The van der Waals surface area contributed by atoms with Gasteiger partial charge in [0.15, 0.2) is 0 Å². The molecule has 0 aliphatic heterocycles. The number of aromatic nitrogens is 1. The number of rotatable bonds is 17. The van der Waals surface area contributed by atoms with Gasteiger partial charge in [0.25, 0.3) is 0 Å². The van der Waals surface area contributed by atoms with Crippen LogP contribution in [0.5, 0.6) is 11.5 Å². The highest BCUT2D eigenvalue weighted by atomic mass is 16.5. The molecule has 3 heteroatoms. The molecule has 0 radical (unpaired) electrons. The average Bonchev–Trinajstić information content (AvgIpc) is 2.79. The molecule has 0 aliphatic rings. The highest BCUT2D eigenvalue weighted by Gasteiger charge is 2.09. The molecule has 2 aromatic rings. The second-order valence-electron chi connectivity index (χ2n) is 8.22. The minimum absolute atomic E-state index is 0.0405. The topological polar surface area (TPSA) is 31.4 Å². The Bertz CT molecular complexity index is 642. The van der Waals surface area contributed by atoms with Crippen LogP contribution in [0, 0.1) is 0 Å². The van der Waals surface area contributed by atoms with Gasteiger partial charge < -0.3 is 9.47 Å². The lowest BCUT2D eigenvalue weighted by molar-refractivity contribution is 0.125. The third kappa shape index (κ3) is 10.7. The van der Waals surface area contributed by atoms with Gasteiger partial charge in [-0.3, -0.25) is 4.98 Å². The summed E-state index contributed by atoms with van der Waals surface area (Å²) in [7, 11) is 0. The number of nitrogens with zero attached hydrogens (tertiary/aromatic N) is 1. The third-order valence-corrected chi connectivity index (χ3v) is 5.59. The molecule has 1 heterocycles. The van der Waals surface area contributed by atoms with Crippen molar-refractivity contribution in [2.45, 2.75) is 97.0 Å². The fourth-order valence-electron chi connectivity index (χ4n) is 3.60. The first kappa shape index (κ1) is 24.2. The van der Waals surface area contributed by atoms with Crippen molar-refractivity contribution in [1.82, 2.24) is 4.98 Å². The Hall–Kier alpha value is -2.03. The maximum Gasteiger partial charge on any atom is 0.132 e. The van der Waals surface area contributed by atoms with E-state index in [9.17, 15) is 0 Å². The van der Waals surface area contributed by atoms with E-state index < -0.39 is 0 Å². The number of unbranched alkanes of at least 4 members (excludes halogenated alkanes) is 9. The molecular formula is C27H41NO2. The fraction of sp³-hybridized carbons (Fsp3) is 0.593. The van der Waals surface area contributed by atoms with Crippen LogP contribution in [-0.4, -0.2) is 17.7 Å². The number of hydrogen-bond donors (Lipinski definition) is 0. The lowest BCUT2D eigenvalue weighted by Gasteiger charge is -2.18. The summed E-state index contributed by atoms with van der Waals surface area (Å²) in [6.07, 6.45) is 19.5. The standard InChI is InChI=1S/C27H41NO2/c1-3-5-6-7-8-9-10-11-12-13-14-24-15-17-26(18-16-24)29-23-25(4-2)30-27-19-21-28-22-20-27/h15-22,25H,3-14,23H2,1-2H3. The molecule has 0 spiro atoms. The van der Waals surface area contributed by atoms with Crippen LogP contribution >= 0.6 is 0 Å². The first-order valence-corrected chi connectivity index (χ1v) is 12.1. The molecule has 0 bridgehead atoms. The monoisotopic (exact) mass is 411 g/mol. The summed E-state index contributed by atoms with van der Waals surface area (Å²) < 4.78 is 11.9. The Balaban J connectivity index is 1.56. The summed E-state index contributed by atoms with van der Waals surface area (Å²) in [5.74, 6) is 1.76. The SMILES string of the molecule is CCCCCCCCCCCCc1ccc(OCC(CC)Oc2ccncc2)cc1. The smallest absolute Gasteiger partial charge is 0.132 e. The molecule has 0 N–H and O–H groups in total. The Morgan fingerprint density at radius 3 is 1.90 bits per heavy atom. The Morgan fingerprint density at radius 1 is 0.700 bits per heavy atom. The normalized spacial score (nSPS) is 11.9. The van der Waals surface area contributed by atoms with Gasteiger partial charge >= 0.3 is 0 Å². The van der Waals surface area contributed by atoms with Crippen molar-refractivity contribution in [2.75, 3.05) is 6.61 Å². The van der Waals surface area contributed by atoms with E-state index >= 15 is 0 Å². The highest BCUT2D eigenvalue weighted by molar-refractivity contribution is 5.27. The molecule has 2 rings (SSSR count). The molecule has 1 aromatic heterocycles. The molecule has 1 unspecified atom stereocenters. The Kier molecular flexibility index (Phi) is 12.7. The lowest BCUT2D eigenvalue weighted by Crippen LogP contribution is -2.24. The van der Waals surface area contributed by atoms with Gasteiger partial charge in [-0.05, 0) is 49.1 Å². The quantitative estimate of drug-likeness (QED) is 0.249. The van der Waals surface area contributed by atoms with Gasteiger partial charge in [-0.2, -0.15) is 0 Å². The third-order valence-electron chi connectivity index (χ3n) is 5.59. The fourth-order valence-corrected chi connectivity index (χ4v) is 3.60. The molecule has 0 aliphatic carbocycles. The number of hydrogen-bond acceptors (Lipinski definition) is 3. The van der Waals surface area contributed by atoms with E-state index in [1.54, 1.807) is 12.4 Å². The molecule has 0 saturated carbocycles. The predicted octanol–water partition coefficient (Wildman–Crippen LogP) is 7.78. The average molecular weight is 412 g/mol. The highest BCUT2D eigenvalue weighted by Crippen LogP contribution is 2.17. The van der Waals surface area contributed by atoms with Crippen LogP contribution in [0.2, 0.25) is 0 Å². The van der Waals surface area contributed by atoms with E-state index in [1.165, 1.54) is 76.2 Å². The van der Waals surface area contributed by atoms with Crippen LogP contribution in [0.25, 0.3) is 0 Å². The number of aryl methyl sites for hydroxylation is 1. The molecule has 0 saturated heterocycles. The van der Waals surface area contributed by atoms with Gasteiger partial charge in [-0.25, -0.2) is 0 Å². The molecule has 1 aromatic carbocycles. The second kappa shape index (κ2) is 15.8. The summed E-state index contributed by atoms with van der Waals surface area (Å²) in [5, 5.41) is 0. The summed E-state index contributed by atoms with van der Waals surface area (Å²) >= 11 is 0. The molecule has 30 heavy (non-hydrogen) atoms. The summed E-state index contributed by atoms with van der Waals surface area (Å²) in [6, 6.07) is 12.3.